The minimum atomic E-state index is -4.77. The van der Waals surface area contributed by atoms with Gasteiger partial charge >= 0.3 is 6.18 Å². The minimum Gasteiger partial charge on any atom is -0.294 e. The molecule has 3 aromatic carbocycles. The quantitative estimate of drug-likeness (QED) is 0.316. The average molecular weight is 508 g/mol. The number of halogens is 4. The lowest BCUT2D eigenvalue weighted by Crippen LogP contribution is -2.40. The fourth-order valence-electron chi connectivity index (χ4n) is 5.03. The fourth-order valence-corrected chi connectivity index (χ4v) is 5.03. The van der Waals surface area contributed by atoms with E-state index in [0.29, 0.717) is 30.0 Å². The summed E-state index contributed by atoms with van der Waals surface area (Å²) in [5.41, 5.74) is 1.49. The maximum atomic E-state index is 14.7. The molecule has 37 heavy (non-hydrogen) atoms. The first kappa shape index (κ1) is 24.9. The molecule has 0 amide bonds. The highest BCUT2D eigenvalue weighted by molar-refractivity contribution is 5.35. The average Bonchev–Trinajstić information content (AvgIpc) is 2.88. The van der Waals surface area contributed by atoms with E-state index in [1.54, 1.807) is 9.47 Å². The van der Waals surface area contributed by atoms with Gasteiger partial charge in [-0.2, -0.15) is 13.2 Å². The largest absolute Gasteiger partial charge is 0.419 e. The molecule has 0 unspecified atom stereocenters. The van der Waals surface area contributed by atoms with Crippen LogP contribution in [0.25, 0.3) is 0 Å². The Hall–Kier alpha value is -3.78. The predicted molar refractivity (Wildman–Crippen MR) is 133 cm³/mol. The van der Waals surface area contributed by atoms with E-state index in [9.17, 15) is 22.4 Å². The van der Waals surface area contributed by atoms with E-state index < -0.39 is 23.6 Å². The Kier molecular flexibility index (Phi) is 6.69. The molecule has 0 aliphatic carbocycles. The summed E-state index contributed by atoms with van der Waals surface area (Å²) in [6.07, 6.45) is -4.32. The van der Waals surface area contributed by atoms with Crippen LogP contribution < -0.4 is 5.56 Å². The smallest absolute Gasteiger partial charge is 0.294 e. The van der Waals surface area contributed by atoms with Crippen molar-refractivity contribution in [3.63, 3.8) is 0 Å². The summed E-state index contributed by atoms with van der Waals surface area (Å²) in [7, 11) is 0. The van der Waals surface area contributed by atoms with Gasteiger partial charge in [0.25, 0.3) is 5.56 Å². The van der Waals surface area contributed by atoms with E-state index >= 15 is 0 Å². The third kappa shape index (κ3) is 4.93. The van der Waals surface area contributed by atoms with Crippen LogP contribution in [0.5, 0.6) is 0 Å². The molecule has 4 aromatic rings. The number of rotatable bonds is 5. The molecule has 8 heteroatoms. The van der Waals surface area contributed by atoms with Crippen molar-refractivity contribution in [2.24, 2.45) is 0 Å². The van der Waals surface area contributed by atoms with Gasteiger partial charge in [-0.3, -0.25) is 14.3 Å². The first-order valence-corrected chi connectivity index (χ1v) is 12.0. The van der Waals surface area contributed by atoms with Crippen LogP contribution in [0.2, 0.25) is 0 Å². The van der Waals surface area contributed by atoms with Crippen molar-refractivity contribution >= 4 is 0 Å². The van der Waals surface area contributed by atoms with Gasteiger partial charge in [0.2, 0.25) is 0 Å². The second-order valence-corrected chi connectivity index (χ2v) is 9.22. The molecular weight excluding hydrogens is 482 g/mol. The molecule has 0 atom stereocenters. The summed E-state index contributed by atoms with van der Waals surface area (Å²) < 4.78 is 55.9. The zero-order valence-electron chi connectivity index (χ0n) is 20.2. The molecule has 5 rings (SSSR count). The molecule has 0 fully saturated rings. The Morgan fingerprint density at radius 3 is 2.14 bits per heavy atom. The molecule has 0 saturated carbocycles. The molecule has 0 radical (unpaired) electrons. The van der Waals surface area contributed by atoms with Gasteiger partial charge in [-0.1, -0.05) is 72.8 Å². The molecule has 0 spiro atoms. The van der Waals surface area contributed by atoms with E-state index in [2.05, 4.69) is 0 Å². The Morgan fingerprint density at radius 1 is 0.919 bits per heavy atom. The Morgan fingerprint density at radius 2 is 1.54 bits per heavy atom. The van der Waals surface area contributed by atoms with Gasteiger partial charge in [-0.25, -0.2) is 9.37 Å². The van der Waals surface area contributed by atoms with E-state index in [1.807, 2.05) is 67.6 Å². The third-order valence-corrected chi connectivity index (χ3v) is 6.78. The number of nitrogens with zero attached hydrogens (tertiary/aromatic N) is 3. The number of alkyl halides is 3. The van der Waals surface area contributed by atoms with Crippen LogP contribution in [0.1, 0.15) is 45.4 Å². The van der Waals surface area contributed by atoms with Crippen molar-refractivity contribution < 1.29 is 17.6 Å². The highest BCUT2D eigenvalue weighted by Gasteiger charge is 2.35. The monoisotopic (exact) mass is 507 g/mol. The van der Waals surface area contributed by atoms with E-state index in [0.717, 1.165) is 17.2 Å². The lowest BCUT2D eigenvalue weighted by Gasteiger charge is -2.30. The number of fused-ring (bicyclic) bond motifs is 1. The molecule has 0 saturated heterocycles. The number of benzene rings is 3. The summed E-state index contributed by atoms with van der Waals surface area (Å²) in [5, 5.41) is 0. The summed E-state index contributed by atoms with van der Waals surface area (Å²) in [6.45, 7) is 2.40. The van der Waals surface area contributed by atoms with Crippen LogP contribution in [-0.4, -0.2) is 21.0 Å². The standard InChI is InChI=1S/C29H25F4N3O/c1-19-34-25-15-16-35(17-22-13-8-14-24(26(22)30)29(31,32)33)18-23(25)28(37)36(19)27(20-9-4-2-5-10-20)21-11-6-3-7-12-21/h2-14,27H,15-18H2,1H3. The molecule has 190 valence electrons. The number of hydrogen-bond acceptors (Lipinski definition) is 3. The summed E-state index contributed by atoms with van der Waals surface area (Å²) in [5.74, 6) is -0.688. The SMILES string of the molecule is Cc1nc2c(c(=O)n1C(c1ccccc1)c1ccccc1)CN(Cc1cccc(C(F)(F)F)c1F)CC2. The number of hydrogen-bond donors (Lipinski definition) is 0. The third-order valence-electron chi connectivity index (χ3n) is 6.78. The van der Waals surface area contributed by atoms with Gasteiger partial charge in [0.15, 0.2) is 0 Å². The zero-order chi connectivity index (χ0) is 26.2. The van der Waals surface area contributed by atoms with Crippen molar-refractivity contribution in [3.05, 3.63) is 134 Å². The van der Waals surface area contributed by atoms with Gasteiger partial charge in [0.05, 0.1) is 22.9 Å². The first-order valence-electron chi connectivity index (χ1n) is 12.0. The lowest BCUT2D eigenvalue weighted by molar-refractivity contribution is -0.140. The molecule has 1 aromatic heterocycles. The normalized spacial score (nSPS) is 14.1. The van der Waals surface area contributed by atoms with E-state index in [-0.39, 0.29) is 24.2 Å². The van der Waals surface area contributed by atoms with Crippen LogP contribution in [0.3, 0.4) is 0 Å². The lowest BCUT2D eigenvalue weighted by atomic mass is 9.97. The second-order valence-electron chi connectivity index (χ2n) is 9.22. The highest BCUT2D eigenvalue weighted by atomic mass is 19.4. The summed E-state index contributed by atoms with van der Waals surface area (Å²) >= 11 is 0. The predicted octanol–water partition coefficient (Wildman–Crippen LogP) is 5.91. The second kappa shape index (κ2) is 9.94. The summed E-state index contributed by atoms with van der Waals surface area (Å²) in [6, 6.07) is 22.3. The fraction of sp³-hybridized carbons (Fsp3) is 0.241. The number of aromatic nitrogens is 2. The van der Waals surface area contributed by atoms with Gasteiger partial charge < -0.3 is 0 Å². The minimum absolute atomic E-state index is 0.0384. The van der Waals surface area contributed by atoms with Crippen molar-refractivity contribution in [2.75, 3.05) is 6.54 Å². The van der Waals surface area contributed by atoms with Gasteiger partial charge in [-0.05, 0) is 24.1 Å². The van der Waals surface area contributed by atoms with Crippen molar-refractivity contribution in [2.45, 2.75) is 38.7 Å². The van der Waals surface area contributed by atoms with E-state index in [1.165, 1.54) is 12.1 Å². The van der Waals surface area contributed by atoms with Gasteiger partial charge in [-0.15, -0.1) is 0 Å². The van der Waals surface area contributed by atoms with Crippen LogP contribution in [0.4, 0.5) is 17.6 Å². The molecule has 4 nitrogen and oxygen atoms in total. The van der Waals surface area contributed by atoms with Crippen LogP contribution >= 0.6 is 0 Å². The first-order chi connectivity index (χ1) is 17.7. The molecule has 0 N–H and O–H groups in total. The Balaban J connectivity index is 1.53. The molecule has 1 aliphatic rings. The van der Waals surface area contributed by atoms with Crippen LogP contribution in [0, 0.1) is 12.7 Å². The zero-order valence-corrected chi connectivity index (χ0v) is 20.2. The maximum absolute atomic E-state index is 14.7. The molecule has 0 bridgehead atoms. The maximum Gasteiger partial charge on any atom is 0.419 e. The Bertz CT molecular complexity index is 1430. The van der Waals surface area contributed by atoms with Crippen molar-refractivity contribution in [3.8, 4) is 0 Å². The highest BCUT2D eigenvalue weighted by Crippen LogP contribution is 2.33. The van der Waals surface area contributed by atoms with Crippen LogP contribution in [0.15, 0.2) is 83.7 Å². The van der Waals surface area contributed by atoms with Crippen LogP contribution in [-0.2, 0) is 25.7 Å². The summed E-state index contributed by atoms with van der Waals surface area (Å²) in [4.78, 5) is 20.5. The van der Waals surface area contributed by atoms with Gasteiger partial charge in [0, 0.05) is 31.6 Å². The number of aryl methyl sites for hydroxylation is 1. The van der Waals surface area contributed by atoms with Gasteiger partial charge in [0.1, 0.15) is 11.6 Å². The van der Waals surface area contributed by atoms with E-state index in [4.69, 9.17) is 4.98 Å². The molecule has 1 aliphatic heterocycles. The molecule has 2 heterocycles. The molecular formula is C29H25F4N3O. The van der Waals surface area contributed by atoms with Crippen molar-refractivity contribution in [1.29, 1.82) is 0 Å². The van der Waals surface area contributed by atoms with Crippen molar-refractivity contribution in [1.82, 2.24) is 14.5 Å². The Labute approximate surface area is 211 Å². The topological polar surface area (TPSA) is 38.1 Å².